The van der Waals surface area contributed by atoms with Gasteiger partial charge in [0.1, 0.15) is 12.1 Å². The average molecular weight is 644 g/mol. The molecule has 1 heterocycles. The van der Waals surface area contributed by atoms with E-state index >= 15 is 0 Å². The summed E-state index contributed by atoms with van der Waals surface area (Å²) >= 11 is 1.33. The molecule has 15 heteroatoms. The van der Waals surface area contributed by atoms with Crippen LogP contribution in [0.15, 0.2) is 64.5 Å². The van der Waals surface area contributed by atoms with Crippen molar-refractivity contribution in [1.29, 1.82) is 5.26 Å². The molecular weight excluding hydrogens is 606 g/mol. The van der Waals surface area contributed by atoms with E-state index in [1.54, 1.807) is 69.4 Å². The maximum Gasteiger partial charge on any atom is 0.326 e. The molecule has 13 nitrogen and oxygen atoms in total. The summed E-state index contributed by atoms with van der Waals surface area (Å²) < 4.78 is 27.5. The largest absolute Gasteiger partial charge is 0.480 e. The van der Waals surface area contributed by atoms with Gasteiger partial charge in [0.25, 0.3) is 0 Å². The number of hydrogen-bond acceptors (Lipinski definition) is 8. The molecule has 0 radical (unpaired) electrons. The summed E-state index contributed by atoms with van der Waals surface area (Å²) in [5.74, 6) is -2.14. The van der Waals surface area contributed by atoms with Crippen LogP contribution in [0.3, 0.4) is 0 Å². The number of carboxylic acid groups (broad SMARTS) is 1. The molecule has 236 valence electrons. The number of unbranched alkanes of at least 4 members (excludes halogenated alkanes) is 1. The van der Waals surface area contributed by atoms with E-state index in [2.05, 4.69) is 20.9 Å². The predicted octanol–water partition coefficient (Wildman–Crippen LogP) is 2.22. The summed E-state index contributed by atoms with van der Waals surface area (Å²) in [6, 6.07) is 12.0. The number of amides is 2. The Hall–Kier alpha value is -4.13. The average Bonchev–Trinajstić information content (AvgIpc) is 3.22. The Morgan fingerprint density at radius 3 is 2.41 bits per heavy atom. The minimum absolute atomic E-state index is 0.0238. The normalized spacial score (nSPS) is 19.0. The highest BCUT2D eigenvalue weighted by atomic mass is 32.2. The molecule has 1 aliphatic heterocycles. The summed E-state index contributed by atoms with van der Waals surface area (Å²) in [5.41, 5.74) is 6.58. The predicted molar refractivity (Wildman–Crippen MR) is 168 cm³/mol. The molecule has 44 heavy (non-hydrogen) atoms. The van der Waals surface area contributed by atoms with Gasteiger partial charge >= 0.3 is 5.97 Å². The summed E-state index contributed by atoms with van der Waals surface area (Å²) in [7, 11) is -4.05. The zero-order valence-electron chi connectivity index (χ0n) is 24.7. The number of aliphatic imine (C=N–C) groups is 1. The number of carbonyl (C=O) groups excluding carboxylic acids is 2. The summed E-state index contributed by atoms with van der Waals surface area (Å²) in [6.45, 7) is 5.70. The van der Waals surface area contributed by atoms with Crippen LogP contribution < -0.4 is 21.7 Å². The van der Waals surface area contributed by atoms with Gasteiger partial charge in [0.15, 0.2) is 0 Å². The monoisotopic (exact) mass is 643 g/mol. The first-order valence-corrected chi connectivity index (χ1v) is 16.2. The molecule has 0 aliphatic carbocycles. The van der Waals surface area contributed by atoms with Crippen molar-refractivity contribution >= 4 is 51.2 Å². The molecule has 1 unspecified atom stereocenters. The van der Waals surface area contributed by atoms with Gasteiger partial charge in [-0.3, -0.25) is 9.59 Å². The topological polar surface area (TPSA) is 207 Å². The van der Waals surface area contributed by atoms with Gasteiger partial charge in [-0.2, -0.15) is 9.57 Å². The fraction of sp³-hybridized carbons (Fsp3) is 0.414. The molecule has 2 aromatic rings. The van der Waals surface area contributed by atoms with E-state index in [4.69, 9.17) is 11.0 Å². The van der Waals surface area contributed by atoms with Crippen LogP contribution in [0.25, 0.3) is 0 Å². The van der Waals surface area contributed by atoms with Crippen LogP contribution in [0.5, 0.6) is 0 Å². The highest BCUT2D eigenvalue weighted by Crippen LogP contribution is 2.46. The minimum atomic E-state index is -4.05. The quantitative estimate of drug-likeness (QED) is 0.0931. The van der Waals surface area contributed by atoms with Crippen molar-refractivity contribution in [3.8, 4) is 6.19 Å². The van der Waals surface area contributed by atoms with E-state index in [9.17, 15) is 27.9 Å². The van der Waals surface area contributed by atoms with Crippen molar-refractivity contribution < 1.29 is 27.9 Å². The number of guanidine groups is 1. The number of rotatable bonds is 13. The molecule has 0 bridgehead atoms. The molecular formula is C29H37N7O6S2. The maximum absolute atomic E-state index is 13.6. The first-order chi connectivity index (χ1) is 20.8. The molecule has 2 amide bonds. The van der Waals surface area contributed by atoms with Crippen LogP contribution in [-0.4, -0.2) is 70.3 Å². The maximum atomic E-state index is 13.6. The Balaban J connectivity index is 1.62. The number of anilines is 1. The SMILES string of the molecule is CC1SC(C)(C)[C@@H](C(=O)N[C@@H](Cc2ccc(NC(=O)CCCCN/C(N)=N/C#N)cc2)C(=O)O)N1S(=O)(=O)c1ccccc1. The molecule has 1 fully saturated rings. The van der Waals surface area contributed by atoms with Crippen LogP contribution in [0.4, 0.5) is 5.69 Å². The van der Waals surface area contributed by atoms with Crippen LogP contribution in [0, 0.1) is 11.5 Å². The van der Waals surface area contributed by atoms with E-state index in [0.717, 1.165) is 4.31 Å². The second-order valence-corrected chi connectivity index (χ2v) is 14.5. The number of thioether (sulfide) groups is 1. The standard InChI is InChI=1S/C29H37N7O6S2/c1-19-36(44(41,42)22-9-5-4-6-10-22)25(29(2,3)43-19)26(38)35-23(27(39)40)17-20-12-14-21(15-13-20)34-24(37)11-7-8-16-32-28(31)33-18-30/h4-6,9-10,12-15,19,23,25H,7-8,11,16-17H2,1-3H3,(H,34,37)(H,35,38)(H,39,40)(H3,31,32,33)/t19?,23-,25+/m0/s1. The van der Waals surface area contributed by atoms with Crippen LogP contribution in [-0.2, 0) is 30.8 Å². The third-order valence-electron chi connectivity index (χ3n) is 6.91. The fourth-order valence-corrected chi connectivity index (χ4v) is 8.67. The lowest BCUT2D eigenvalue weighted by molar-refractivity contribution is -0.142. The van der Waals surface area contributed by atoms with Gasteiger partial charge in [-0.05, 0) is 63.4 Å². The van der Waals surface area contributed by atoms with Crippen LogP contribution in [0.2, 0.25) is 0 Å². The number of benzene rings is 2. The van der Waals surface area contributed by atoms with Gasteiger partial charge in [0, 0.05) is 29.8 Å². The van der Waals surface area contributed by atoms with Crippen LogP contribution >= 0.6 is 11.8 Å². The molecule has 1 saturated heterocycles. The van der Waals surface area contributed by atoms with Crippen molar-refractivity contribution in [2.24, 2.45) is 10.7 Å². The minimum Gasteiger partial charge on any atom is -0.480 e. The molecule has 6 N–H and O–H groups in total. The van der Waals surface area contributed by atoms with Crippen molar-refractivity contribution in [2.45, 2.75) is 73.6 Å². The Kier molecular flexibility index (Phi) is 11.7. The number of nitriles is 1. The Bertz CT molecular complexity index is 1510. The lowest BCUT2D eigenvalue weighted by atomic mass is 10.0. The highest BCUT2D eigenvalue weighted by Gasteiger charge is 2.55. The summed E-state index contributed by atoms with van der Waals surface area (Å²) in [6.07, 6.45) is 3.00. The number of nitrogens with zero attached hydrogens (tertiary/aromatic N) is 3. The van der Waals surface area contributed by atoms with Gasteiger partial charge in [-0.15, -0.1) is 16.8 Å². The van der Waals surface area contributed by atoms with E-state index in [0.29, 0.717) is 30.6 Å². The van der Waals surface area contributed by atoms with Gasteiger partial charge in [-0.25, -0.2) is 13.2 Å². The molecule has 3 rings (SSSR count). The first-order valence-electron chi connectivity index (χ1n) is 13.9. The van der Waals surface area contributed by atoms with E-state index in [-0.39, 0.29) is 29.6 Å². The number of aliphatic carboxylic acids is 1. The Labute approximate surface area is 261 Å². The van der Waals surface area contributed by atoms with Crippen molar-refractivity contribution in [3.63, 3.8) is 0 Å². The number of carbonyl (C=O) groups is 3. The van der Waals surface area contributed by atoms with Crippen molar-refractivity contribution in [2.75, 3.05) is 11.9 Å². The van der Waals surface area contributed by atoms with Gasteiger partial charge in [-0.1, -0.05) is 30.3 Å². The Morgan fingerprint density at radius 2 is 1.80 bits per heavy atom. The molecule has 1 aliphatic rings. The lowest BCUT2D eigenvalue weighted by Crippen LogP contribution is -2.57. The molecule has 2 aromatic carbocycles. The first kappa shape index (κ1) is 34.4. The van der Waals surface area contributed by atoms with E-state index in [1.165, 1.54) is 23.9 Å². The fourth-order valence-electron chi connectivity index (χ4n) is 4.91. The highest BCUT2D eigenvalue weighted by molar-refractivity contribution is 8.02. The van der Waals surface area contributed by atoms with Gasteiger partial charge in [0.2, 0.25) is 34.0 Å². The molecule has 3 atom stereocenters. The molecule has 0 spiro atoms. The van der Waals surface area contributed by atoms with Gasteiger partial charge < -0.3 is 26.8 Å². The smallest absolute Gasteiger partial charge is 0.326 e. The molecule has 0 aromatic heterocycles. The number of hydrogen-bond donors (Lipinski definition) is 5. The lowest BCUT2D eigenvalue weighted by Gasteiger charge is -2.31. The second-order valence-electron chi connectivity index (χ2n) is 10.7. The van der Waals surface area contributed by atoms with Gasteiger partial charge in [0.05, 0.1) is 10.3 Å². The van der Waals surface area contributed by atoms with E-state index < -0.39 is 44.1 Å². The van der Waals surface area contributed by atoms with Crippen molar-refractivity contribution in [1.82, 2.24) is 14.9 Å². The van der Waals surface area contributed by atoms with E-state index in [1.807, 2.05) is 0 Å². The van der Waals surface area contributed by atoms with Crippen LogP contribution in [0.1, 0.15) is 45.6 Å². The zero-order chi connectivity index (χ0) is 32.5. The third kappa shape index (κ3) is 8.94. The molecule has 0 saturated carbocycles. The summed E-state index contributed by atoms with van der Waals surface area (Å²) in [4.78, 5) is 41.4. The third-order valence-corrected chi connectivity index (χ3v) is 10.4. The summed E-state index contributed by atoms with van der Waals surface area (Å²) in [5, 5.41) is 25.9. The number of carboxylic acids is 1. The Morgan fingerprint density at radius 1 is 1.14 bits per heavy atom. The number of sulfonamides is 1. The second kappa shape index (κ2) is 15.0. The number of nitrogens with two attached hydrogens (primary N) is 1. The zero-order valence-corrected chi connectivity index (χ0v) is 26.3. The number of nitrogens with one attached hydrogen (secondary N) is 3. The van der Waals surface area contributed by atoms with Crippen molar-refractivity contribution in [3.05, 3.63) is 60.2 Å².